The molecule has 2 fully saturated rings. The molecule has 0 unspecified atom stereocenters. The third kappa shape index (κ3) is 5.15. The van der Waals surface area contributed by atoms with Gasteiger partial charge in [0.05, 0.1) is 6.10 Å². The van der Waals surface area contributed by atoms with Gasteiger partial charge in [0.1, 0.15) is 5.60 Å². The maximum atomic E-state index is 12.0. The average molecular weight is 298 g/mol. The highest BCUT2D eigenvalue weighted by Gasteiger charge is 2.29. The molecule has 0 spiro atoms. The highest BCUT2D eigenvalue weighted by Crippen LogP contribution is 2.22. The van der Waals surface area contributed by atoms with Crippen molar-refractivity contribution in [3.63, 3.8) is 0 Å². The summed E-state index contributed by atoms with van der Waals surface area (Å²) in [6, 6.07) is 0.272. The Labute approximate surface area is 128 Å². The van der Waals surface area contributed by atoms with Gasteiger partial charge in [0.25, 0.3) is 0 Å². The van der Waals surface area contributed by atoms with E-state index in [1.807, 2.05) is 25.7 Å². The van der Waals surface area contributed by atoms with Crippen molar-refractivity contribution >= 4 is 6.09 Å². The van der Waals surface area contributed by atoms with Crippen LogP contribution in [-0.2, 0) is 4.74 Å². The van der Waals surface area contributed by atoms with E-state index >= 15 is 0 Å². The zero-order valence-corrected chi connectivity index (χ0v) is 13.6. The van der Waals surface area contributed by atoms with Crippen LogP contribution in [-0.4, -0.2) is 53.5 Å². The molecule has 21 heavy (non-hydrogen) atoms. The van der Waals surface area contributed by atoms with Gasteiger partial charge in [-0.15, -0.1) is 0 Å². The first kappa shape index (κ1) is 16.6. The molecule has 2 aliphatic rings. The van der Waals surface area contributed by atoms with E-state index in [-0.39, 0.29) is 18.2 Å². The zero-order chi connectivity index (χ0) is 15.5. The number of carbonyl (C=O) groups is 1. The van der Waals surface area contributed by atoms with Crippen molar-refractivity contribution in [3.8, 4) is 0 Å². The van der Waals surface area contributed by atoms with Crippen LogP contribution in [0.2, 0.25) is 0 Å². The summed E-state index contributed by atoms with van der Waals surface area (Å²) in [6.45, 7) is 8.18. The summed E-state index contributed by atoms with van der Waals surface area (Å²) in [5, 5.41) is 13.3. The minimum Gasteiger partial charge on any atom is -0.444 e. The van der Waals surface area contributed by atoms with E-state index in [0.29, 0.717) is 5.92 Å². The summed E-state index contributed by atoms with van der Waals surface area (Å²) >= 11 is 0. The molecule has 0 bridgehead atoms. The Hall–Kier alpha value is -0.810. The number of aliphatic hydroxyl groups is 1. The van der Waals surface area contributed by atoms with Gasteiger partial charge in [0.15, 0.2) is 0 Å². The second-order valence-corrected chi connectivity index (χ2v) is 7.42. The number of ether oxygens (including phenoxy) is 1. The van der Waals surface area contributed by atoms with E-state index in [2.05, 4.69) is 5.32 Å². The SMILES string of the molecule is CC(C)(C)OC(=O)N1CCC(CN[C@H]2CCC[C@H]2O)CC1. The molecule has 0 aromatic heterocycles. The van der Waals surface area contributed by atoms with Crippen LogP contribution < -0.4 is 5.32 Å². The molecule has 5 heteroatoms. The molecule has 1 heterocycles. The Bertz CT molecular complexity index is 346. The van der Waals surface area contributed by atoms with Crippen LogP contribution in [0.4, 0.5) is 4.79 Å². The number of rotatable bonds is 3. The van der Waals surface area contributed by atoms with Gasteiger partial charge in [0.2, 0.25) is 0 Å². The molecule has 2 atom stereocenters. The second-order valence-electron chi connectivity index (χ2n) is 7.42. The van der Waals surface area contributed by atoms with Crippen LogP contribution in [0.3, 0.4) is 0 Å². The van der Waals surface area contributed by atoms with Crippen molar-refractivity contribution in [2.75, 3.05) is 19.6 Å². The summed E-state index contributed by atoms with van der Waals surface area (Å²) in [7, 11) is 0. The van der Waals surface area contributed by atoms with Gasteiger partial charge in [-0.1, -0.05) is 0 Å². The lowest BCUT2D eigenvalue weighted by molar-refractivity contribution is 0.0182. The maximum Gasteiger partial charge on any atom is 0.410 e. The first-order chi connectivity index (χ1) is 9.85. The van der Waals surface area contributed by atoms with Crippen LogP contribution >= 0.6 is 0 Å². The Morgan fingerprint density at radius 2 is 1.90 bits per heavy atom. The summed E-state index contributed by atoms with van der Waals surface area (Å²) in [6.07, 6.45) is 4.78. The van der Waals surface area contributed by atoms with E-state index in [0.717, 1.165) is 51.7 Å². The number of nitrogens with zero attached hydrogens (tertiary/aromatic N) is 1. The number of carbonyl (C=O) groups excluding carboxylic acids is 1. The normalized spacial score (nSPS) is 27.9. The van der Waals surface area contributed by atoms with E-state index in [4.69, 9.17) is 4.74 Å². The molecule has 1 amide bonds. The molecule has 1 saturated carbocycles. The topological polar surface area (TPSA) is 61.8 Å². The summed E-state index contributed by atoms with van der Waals surface area (Å²) < 4.78 is 5.41. The van der Waals surface area contributed by atoms with Crippen molar-refractivity contribution < 1.29 is 14.6 Å². The molecule has 2 N–H and O–H groups in total. The predicted octanol–water partition coefficient (Wildman–Crippen LogP) is 2.14. The summed E-state index contributed by atoms with van der Waals surface area (Å²) in [5.41, 5.74) is -0.423. The molecule has 1 saturated heterocycles. The Kier molecular flexibility index (Phi) is 5.49. The van der Waals surface area contributed by atoms with Crippen LogP contribution in [0.25, 0.3) is 0 Å². The molecule has 5 nitrogen and oxygen atoms in total. The Morgan fingerprint density at radius 3 is 2.43 bits per heavy atom. The van der Waals surface area contributed by atoms with Gasteiger partial charge in [-0.2, -0.15) is 0 Å². The standard InChI is InChI=1S/C16H30N2O3/c1-16(2,3)21-15(20)18-9-7-12(8-10-18)11-17-13-5-4-6-14(13)19/h12-14,17,19H,4-11H2,1-3H3/t13-,14+/m0/s1. The second kappa shape index (κ2) is 6.97. The first-order valence-electron chi connectivity index (χ1n) is 8.24. The first-order valence-corrected chi connectivity index (χ1v) is 8.24. The fraction of sp³-hybridized carbons (Fsp3) is 0.938. The largest absolute Gasteiger partial charge is 0.444 e. The molecular formula is C16H30N2O3. The number of likely N-dealkylation sites (tertiary alicyclic amines) is 1. The number of hydrogen-bond donors (Lipinski definition) is 2. The predicted molar refractivity (Wildman–Crippen MR) is 82.2 cm³/mol. The van der Waals surface area contributed by atoms with Gasteiger partial charge < -0.3 is 20.1 Å². The maximum absolute atomic E-state index is 12.0. The highest BCUT2D eigenvalue weighted by molar-refractivity contribution is 5.68. The monoisotopic (exact) mass is 298 g/mol. The Morgan fingerprint density at radius 1 is 1.24 bits per heavy atom. The lowest BCUT2D eigenvalue weighted by atomic mass is 9.96. The average Bonchev–Trinajstić information content (AvgIpc) is 2.80. The fourth-order valence-corrected chi connectivity index (χ4v) is 3.14. The molecular weight excluding hydrogens is 268 g/mol. The van der Waals surface area contributed by atoms with Crippen LogP contribution in [0.15, 0.2) is 0 Å². The van der Waals surface area contributed by atoms with Gasteiger partial charge in [-0.25, -0.2) is 4.79 Å². The fourth-order valence-electron chi connectivity index (χ4n) is 3.14. The van der Waals surface area contributed by atoms with E-state index in [1.165, 1.54) is 0 Å². The van der Waals surface area contributed by atoms with Crippen molar-refractivity contribution in [1.29, 1.82) is 0 Å². The van der Waals surface area contributed by atoms with Gasteiger partial charge in [0, 0.05) is 19.1 Å². The number of aliphatic hydroxyl groups excluding tert-OH is 1. The van der Waals surface area contributed by atoms with Crippen LogP contribution in [0, 0.1) is 5.92 Å². The van der Waals surface area contributed by atoms with E-state index in [9.17, 15) is 9.90 Å². The quantitative estimate of drug-likeness (QED) is 0.838. The van der Waals surface area contributed by atoms with Gasteiger partial charge in [-0.05, 0) is 65.3 Å². The lowest BCUT2D eigenvalue weighted by Crippen LogP contribution is -2.45. The molecule has 0 radical (unpaired) electrons. The Balaban J connectivity index is 1.67. The van der Waals surface area contributed by atoms with Gasteiger partial charge in [-0.3, -0.25) is 0 Å². The van der Waals surface area contributed by atoms with E-state index < -0.39 is 5.60 Å². The molecule has 0 aromatic carbocycles. The van der Waals surface area contributed by atoms with Crippen molar-refractivity contribution in [1.82, 2.24) is 10.2 Å². The molecule has 1 aliphatic carbocycles. The number of amides is 1. The summed E-state index contributed by atoms with van der Waals surface area (Å²) in [5.74, 6) is 0.594. The number of hydrogen-bond acceptors (Lipinski definition) is 4. The lowest BCUT2D eigenvalue weighted by Gasteiger charge is -2.34. The number of piperidine rings is 1. The molecule has 2 rings (SSSR count). The smallest absolute Gasteiger partial charge is 0.410 e. The summed E-state index contributed by atoms with van der Waals surface area (Å²) in [4.78, 5) is 13.8. The zero-order valence-electron chi connectivity index (χ0n) is 13.6. The van der Waals surface area contributed by atoms with Crippen LogP contribution in [0.1, 0.15) is 52.9 Å². The molecule has 0 aromatic rings. The third-order valence-corrected chi connectivity index (χ3v) is 4.41. The van der Waals surface area contributed by atoms with Crippen LogP contribution in [0.5, 0.6) is 0 Å². The van der Waals surface area contributed by atoms with Crippen molar-refractivity contribution in [2.45, 2.75) is 70.6 Å². The third-order valence-electron chi connectivity index (χ3n) is 4.41. The minimum atomic E-state index is -0.423. The van der Waals surface area contributed by atoms with E-state index in [1.54, 1.807) is 0 Å². The number of nitrogens with one attached hydrogen (secondary N) is 1. The molecule has 1 aliphatic heterocycles. The van der Waals surface area contributed by atoms with Gasteiger partial charge >= 0.3 is 6.09 Å². The molecule has 122 valence electrons. The minimum absolute atomic E-state index is 0.174. The highest BCUT2D eigenvalue weighted by atomic mass is 16.6. The van der Waals surface area contributed by atoms with Crippen molar-refractivity contribution in [2.24, 2.45) is 5.92 Å². The van der Waals surface area contributed by atoms with Crippen molar-refractivity contribution in [3.05, 3.63) is 0 Å².